The topological polar surface area (TPSA) is 98.1 Å². The van der Waals surface area contributed by atoms with Gasteiger partial charge in [0.15, 0.2) is 5.16 Å². The van der Waals surface area contributed by atoms with E-state index in [-0.39, 0.29) is 18.2 Å². The van der Waals surface area contributed by atoms with E-state index in [1.165, 1.54) is 0 Å². The van der Waals surface area contributed by atoms with Gasteiger partial charge in [-0.1, -0.05) is 41.6 Å². The van der Waals surface area contributed by atoms with Gasteiger partial charge in [0.25, 0.3) is 5.91 Å². The van der Waals surface area contributed by atoms with Crippen LogP contribution < -0.4 is 15.6 Å². The van der Waals surface area contributed by atoms with E-state index in [1.54, 1.807) is 37.3 Å². The third-order valence-corrected chi connectivity index (χ3v) is 5.46. The molecule has 1 heterocycles. The number of thioether (sulfide) groups is 1. The maximum Gasteiger partial charge on any atom is 0.269 e. The van der Waals surface area contributed by atoms with Crippen LogP contribution in [0.25, 0.3) is 0 Å². The summed E-state index contributed by atoms with van der Waals surface area (Å²) >= 11 is 1.56. The van der Waals surface area contributed by atoms with Crippen molar-refractivity contribution < 1.29 is 14.3 Å². The number of aromatic nitrogens is 3. The lowest BCUT2D eigenvalue weighted by Crippen LogP contribution is -2.42. The van der Waals surface area contributed by atoms with Crippen LogP contribution in [0, 0.1) is 6.92 Å². The van der Waals surface area contributed by atoms with E-state index in [0.29, 0.717) is 17.1 Å². The van der Waals surface area contributed by atoms with Gasteiger partial charge in [-0.25, -0.2) is 0 Å². The quantitative estimate of drug-likeness (QED) is 0.446. The van der Waals surface area contributed by atoms with E-state index in [2.05, 4.69) is 21.0 Å². The van der Waals surface area contributed by atoms with Crippen LogP contribution in [0.2, 0.25) is 0 Å². The molecule has 3 aromatic rings. The summed E-state index contributed by atoms with van der Waals surface area (Å²) in [5.41, 5.74) is 8.19. The minimum atomic E-state index is -0.382. The fourth-order valence-corrected chi connectivity index (χ4v) is 3.61. The molecule has 0 saturated carbocycles. The molecule has 2 aromatic carbocycles. The summed E-state index contributed by atoms with van der Waals surface area (Å²) in [5.74, 6) is 0.636. The highest BCUT2D eigenvalue weighted by Crippen LogP contribution is 2.21. The Morgan fingerprint density at radius 3 is 2.57 bits per heavy atom. The van der Waals surface area contributed by atoms with Crippen molar-refractivity contribution in [2.75, 3.05) is 7.11 Å². The molecular formula is C21H23N5O3S. The van der Waals surface area contributed by atoms with E-state index < -0.39 is 0 Å². The van der Waals surface area contributed by atoms with Crippen molar-refractivity contribution in [3.8, 4) is 5.75 Å². The zero-order valence-electron chi connectivity index (χ0n) is 17.0. The Bertz CT molecular complexity index is 1030. The molecule has 9 heteroatoms. The van der Waals surface area contributed by atoms with Gasteiger partial charge in [-0.2, -0.15) is 0 Å². The zero-order chi connectivity index (χ0) is 21.5. The average molecular weight is 426 g/mol. The predicted molar refractivity (Wildman–Crippen MR) is 114 cm³/mol. The standard InChI is InChI=1S/C21H23N5O3S/c1-14-4-9-18(29-3)17(10-14)11-19(27)23-24-20(28)16-7-5-15(6-8-16)12-30-21-25-22-13-26(21)2/h4-10,13H,11-12H2,1-3H3,(H,23,27)(H,24,28). The Hall–Kier alpha value is -3.33. The molecule has 0 aliphatic heterocycles. The number of ether oxygens (including phenoxy) is 1. The van der Waals surface area contributed by atoms with Crippen LogP contribution in [0.3, 0.4) is 0 Å². The molecule has 0 aliphatic carbocycles. The summed E-state index contributed by atoms with van der Waals surface area (Å²) in [6, 6.07) is 12.8. The average Bonchev–Trinajstić information content (AvgIpc) is 3.16. The van der Waals surface area contributed by atoms with Gasteiger partial charge in [0.05, 0.1) is 13.5 Å². The second-order valence-corrected chi connectivity index (χ2v) is 7.65. The molecule has 0 saturated heterocycles. The van der Waals surface area contributed by atoms with E-state index >= 15 is 0 Å². The first kappa shape index (κ1) is 21.4. The number of nitrogens with one attached hydrogen (secondary N) is 2. The number of hydrogen-bond acceptors (Lipinski definition) is 6. The predicted octanol–water partition coefficient (Wildman–Crippen LogP) is 2.43. The summed E-state index contributed by atoms with van der Waals surface area (Å²) < 4.78 is 7.13. The summed E-state index contributed by atoms with van der Waals surface area (Å²) in [7, 11) is 3.45. The highest BCUT2D eigenvalue weighted by Gasteiger charge is 2.11. The first-order valence-corrected chi connectivity index (χ1v) is 10.2. The lowest BCUT2D eigenvalue weighted by molar-refractivity contribution is -0.121. The Morgan fingerprint density at radius 1 is 1.13 bits per heavy atom. The van der Waals surface area contributed by atoms with Crippen LogP contribution in [0.4, 0.5) is 0 Å². The van der Waals surface area contributed by atoms with Crippen LogP contribution in [-0.2, 0) is 24.0 Å². The summed E-state index contributed by atoms with van der Waals surface area (Å²) in [5, 5.41) is 8.69. The van der Waals surface area contributed by atoms with Gasteiger partial charge in [-0.15, -0.1) is 10.2 Å². The molecule has 0 fully saturated rings. The number of carbonyl (C=O) groups excluding carboxylic acids is 2. The first-order valence-electron chi connectivity index (χ1n) is 9.24. The molecule has 0 unspecified atom stereocenters. The lowest BCUT2D eigenvalue weighted by Gasteiger charge is -2.11. The summed E-state index contributed by atoms with van der Waals surface area (Å²) in [6.45, 7) is 1.94. The van der Waals surface area contributed by atoms with Crippen molar-refractivity contribution >= 4 is 23.6 Å². The van der Waals surface area contributed by atoms with E-state index in [9.17, 15) is 9.59 Å². The van der Waals surface area contributed by atoms with Crippen molar-refractivity contribution in [2.45, 2.75) is 24.3 Å². The van der Waals surface area contributed by atoms with Crippen molar-refractivity contribution in [1.29, 1.82) is 0 Å². The van der Waals surface area contributed by atoms with Gasteiger partial charge in [0.1, 0.15) is 12.1 Å². The second kappa shape index (κ2) is 9.93. The molecule has 0 radical (unpaired) electrons. The zero-order valence-corrected chi connectivity index (χ0v) is 17.8. The number of amides is 2. The maximum atomic E-state index is 12.3. The van der Waals surface area contributed by atoms with E-state index in [1.807, 2.05) is 48.9 Å². The fraction of sp³-hybridized carbons (Fsp3) is 0.238. The Labute approximate surface area is 179 Å². The number of benzene rings is 2. The number of aryl methyl sites for hydroxylation is 2. The van der Waals surface area contributed by atoms with Crippen LogP contribution in [-0.4, -0.2) is 33.7 Å². The smallest absolute Gasteiger partial charge is 0.269 e. The molecule has 3 rings (SSSR count). The number of rotatable bonds is 7. The highest BCUT2D eigenvalue weighted by atomic mass is 32.2. The molecule has 0 atom stereocenters. The lowest BCUT2D eigenvalue weighted by atomic mass is 10.1. The van der Waals surface area contributed by atoms with Gasteiger partial charge in [0.2, 0.25) is 5.91 Å². The Morgan fingerprint density at radius 2 is 1.90 bits per heavy atom. The molecule has 2 amide bonds. The van der Waals surface area contributed by atoms with Gasteiger partial charge in [0, 0.05) is 23.9 Å². The highest BCUT2D eigenvalue weighted by molar-refractivity contribution is 7.98. The van der Waals surface area contributed by atoms with Crippen LogP contribution >= 0.6 is 11.8 Å². The third kappa shape index (κ3) is 5.60. The molecule has 1 aromatic heterocycles. The minimum Gasteiger partial charge on any atom is -0.496 e. The number of hydrogen-bond donors (Lipinski definition) is 2. The van der Waals surface area contributed by atoms with Gasteiger partial charge in [-0.05, 0) is 30.7 Å². The summed E-state index contributed by atoms with van der Waals surface area (Å²) in [6.07, 6.45) is 1.75. The van der Waals surface area contributed by atoms with Crippen LogP contribution in [0.1, 0.15) is 27.0 Å². The molecule has 156 valence electrons. The molecule has 30 heavy (non-hydrogen) atoms. The van der Waals surface area contributed by atoms with Gasteiger partial charge < -0.3 is 9.30 Å². The molecule has 0 aliphatic rings. The largest absolute Gasteiger partial charge is 0.496 e. The molecule has 0 spiro atoms. The molecule has 2 N–H and O–H groups in total. The maximum absolute atomic E-state index is 12.3. The van der Waals surface area contributed by atoms with Crippen molar-refractivity contribution in [3.05, 3.63) is 71.0 Å². The van der Waals surface area contributed by atoms with Crippen LogP contribution in [0.15, 0.2) is 53.9 Å². The SMILES string of the molecule is COc1ccc(C)cc1CC(=O)NNC(=O)c1ccc(CSc2nncn2C)cc1. The third-order valence-electron chi connectivity index (χ3n) is 4.36. The monoisotopic (exact) mass is 425 g/mol. The molecule has 8 nitrogen and oxygen atoms in total. The second-order valence-electron chi connectivity index (χ2n) is 6.70. The number of nitrogens with zero attached hydrogens (tertiary/aromatic N) is 3. The van der Waals surface area contributed by atoms with Crippen molar-refractivity contribution in [2.24, 2.45) is 7.05 Å². The minimum absolute atomic E-state index is 0.101. The van der Waals surface area contributed by atoms with Crippen LogP contribution in [0.5, 0.6) is 5.75 Å². The first-order chi connectivity index (χ1) is 14.5. The number of methoxy groups -OCH3 is 1. The summed E-state index contributed by atoms with van der Waals surface area (Å²) in [4.78, 5) is 24.5. The van der Waals surface area contributed by atoms with Gasteiger partial charge >= 0.3 is 0 Å². The molecule has 0 bridgehead atoms. The van der Waals surface area contributed by atoms with E-state index in [4.69, 9.17) is 4.74 Å². The van der Waals surface area contributed by atoms with Crippen molar-refractivity contribution in [1.82, 2.24) is 25.6 Å². The molecular weight excluding hydrogens is 402 g/mol. The Kier molecular flexibility index (Phi) is 7.08. The number of hydrazine groups is 1. The van der Waals surface area contributed by atoms with Gasteiger partial charge in [-0.3, -0.25) is 20.4 Å². The normalized spacial score (nSPS) is 10.5. The number of carbonyl (C=O) groups is 2. The van der Waals surface area contributed by atoms with E-state index in [0.717, 1.165) is 21.8 Å². The van der Waals surface area contributed by atoms with Crippen molar-refractivity contribution in [3.63, 3.8) is 0 Å². The fourth-order valence-electron chi connectivity index (χ4n) is 2.76. The Balaban J connectivity index is 1.50.